The number of methoxy groups -OCH3 is 1. The van der Waals surface area contributed by atoms with Crippen molar-refractivity contribution in [2.75, 3.05) is 7.11 Å². The molecule has 138 valence electrons. The first-order chi connectivity index (χ1) is 13.2. The van der Waals surface area contributed by atoms with Crippen molar-refractivity contribution in [1.29, 1.82) is 0 Å². The number of aromatic hydroxyl groups is 2. The normalized spacial score (nSPS) is 10.9. The third-order valence-electron chi connectivity index (χ3n) is 4.14. The summed E-state index contributed by atoms with van der Waals surface area (Å²) in [6.45, 7) is 0.479. The highest BCUT2D eigenvalue weighted by atomic mass is 16.5. The molecule has 0 saturated carbocycles. The van der Waals surface area contributed by atoms with Crippen LogP contribution in [0.2, 0.25) is 0 Å². The summed E-state index contributed by atoms with van der Waals surface area (Å²) in [7, 11) is 1.62. The number of hydrogen-bond donors (Lipinski definition) is 2. The van der Waals surface area contributed by atoms with Crippen LogP contribution in [0, 0.1) is 0 Å². The molecule has 0 aromatic heterocycles. The van der Waals surface area contributed by atoms with Crippen LogP contribution in [0.5, 0.6) is 23.0 Å². The Morgan fingerprint density at radius 2 is 1.70 bits per heavy atom. The quantitative estimate of drug-likeness (QED) is 0.625. The van der Waals surface area contributed by atoms with Gasteiger partial charge in [0.2, 0.25) is 0 Å². The van der Waals surface area contributed by atoms with Crippen LogP contribution in [0.1, 0.15) is 16.7 Å². The van der Waals surface area contributed by atoms with Gasteiger partial charge in [0.1, 0.15) is 18.1 Å². The molecule has 0 aliphatic heterocycles. The zero-order valence-electron chi connectivity index (χ0n) is 15.1. The molecule has 0 aliphatic rings. The molecule has 3 rings (SSSR count). The molecule has 0 atom stereocenters. The van der Waals surface area contributed by atoms with Gasteiger partial charge in [-0.3, -0.25) is 0 Å². The van der Waals surface area contributed by atoms with Gasteiger partial charge in [-0.2, -0.15) is 0 Å². The van der Waals surface area contributed by atoms with Gasteiger partial charge in [-0.25, -0.2) is 0 Å². The minimum absolute atomic E-state index is 0.0519. The number of hydrogen-bond acceptors (Lipinski definition) is 4. The SMILES string of the molecule is COc1cc(/C=C/Cc2ccc(O)cc2O)ccc1OCc1ccccc1. The lowest BCUT2D eigenvalue weighted by atomic mass is 10.1. The zero-order chi connectivity index (χ0) is 19.1. The lowest BCUT2D eigenvalue weighted by molar-refractivity contribution is 0.284. The van der Waals surface area contributed by atoms with E-state index in [1.165, 1.54) is 6.07 Å². The molecule has 0 heterocycles. The van der Waals surface area contributed by atoms with Gasteiger partial charge in [-0.15, -0.1) is 0 Å². The second kappa shape index (κ2) is 8.81. The maximum atomic E-state index is 9.83. The molecule has 4 heteroatoms. The van der Waals surface area contributed by atoms with Gasteiger partial charge in [0.15, 0.2) is 11.5 Å². The topological polar surface area (TPSA) is 58.9 Å². The molecule has 4 nitrogen and oxygen atoms in total. The highest BCUT2D eigenvalue weighted by Gasteiger charge is 2.05. The minimum atomic E-state index is 0.0519. The van der Waals surface area contributed by atoms with E-state index in [1.807, 2.05) is 60.7 Å². The van der Waals surface area contributed by atoms with E-state index >= 15 is 0 Å². The van der Waals surface area contributed by atoms with Crippen LogP contribution in [0.4, 0.5) is 0 Å². The summed E-state index contributed by atoms with van der Waals surface area (Å²) in [6.07, 6.45) is 4.46. The second-order valence-electron chi connectivity index (χ2n) is 6.10. The molecule has 0 saturated heterocycles. The molecule has 3 aromatic rings. The summed E-state index contributed by atoms with van der Waals surface area (Å²) in [5, 5.41) is 19.2. The summed E-state index contributed by atoms with van der Waals surface area (Å²) >= 11 is 0. The molecule has 0 fully saturated rings. The van der Waals surface area contributed by atoms with Crippen molar-refractivity contribution in [2.45, 2.75) is 13.0 Å². The number of phenols is 2. The number of allylic oxidation sites excluding steroid dienone is 1. The average Bonchev–Trinajstić information content (AvgIpc) is 2.69. The van der Waals surface area contributed by atoms with E-state index in [1.54, 1.807) is 19.2 Å². The lowest BCUT2D eigenvalue weighted by Crippen LogP contribution is -1.97. The summed E-state index contributed by atoms with van der Waals surface area (Å²) < 4.78 is 11.3. The fourth-order valence-electron chi connectivity index (χ4n) is 2.69. The molecular formula is C23H22O4. The number of phenolic OH excluding ortho intramolecular Hbond substituents is 2. The summed E-state index contributed by atoms with van der Waals surface area (Å²) in [5.41, 5.74) is 2.81. The number of rotatable bonds is 7. The number of benzene rings is 3. The third-order valence-corrected chi connectivity index (χ3v) is 4.14. The standard InChI is InChI=1S/C23H22O4/c1-26-23-14-17(8-5-9-19-11-12-20(24)15-21(19)25)10-13-22(23)27-16-18-6-3-2-4-7-18/h2-8,10-15,24-25H,9,16H2,1H3/b8-5+. The van der Waals surface area contributed by atoms with Gasteiger partial charge in [-0.05, 0) is 41.3 Å². The molecule has 0 aliphatic carbocycles. The van der Waals surface area contributed by atoms with Crippen LogP contribution < -0.4 is 9.47 Å². The summed E-state index contributed by atoms with van der Waals surface area (Å²) in [4.78, 5) is 0. The molecule has 2 N–H and O–H groups in total. The van der Waals surface area contributed by atoms with Crippen LogP contribution in [0.15, 0.2) is 72.8 Å². The molecule has 0 bridgehead atoms. The second-order valence-corrected chi connectivity index (χ2v) is 6.10. The van der Waals surface area contributed by atoms with Gasteiger partial charge in [0, 0.05) is 6.07 Å². The van der Waals surface area contributed by atoms with Gasteiger partial charge in [0.25, 0.3) is 0 Å². The Kier molecular flexibility index (Phi) is 6.00. The molecule has 0 amide bonds. The fourth-order valence-corrected chi connectivity index (χ4v) is 2.69. The summed E-state index contributed by atoms with van der Waals surface area (Å²) in [6, 6.07) is 20.3. The predicted molar refractivity (Wildman–Crippen MR) is 106 cm³/mol. The maximum absolute atomic E-state index is 9.83. The molecule has 27 heavy (non-hydrogen) atoms. The maximum Gasteiger partial charge on any atom is 0.161 e. The summed E-state index contributed by atoms with van der Waals surface area (Å²) in [5.74, 6) is 1.49. The molecular weight excluding hydrogens is 340 g/mol. The van der Waals surface area contributed by atoms with Gasteiger partial charge in [0.05, 0.1) is 7.11 Å². The largest absolute Gasteiger partial charge is 0.508 e. The molecule has 0 radical (unpaired) electrons. The Morgan fingerprint density at radius 3 is 2.44 bits per heavy atom. The van der Waals surface area contributed by atoms with Crippen LogP contribution >= 0.6 is 0 Å². The van der Waals surface area contributed by atoms with E-state index in [2.05, 4.69) is 0 Å². The Bertz CT molecular complexity index is 917. The van der Waals surface area contributed by atoms with Crippen molar-refractivity contribution < 1.29 is 19.7 Å². The Morgan fingerprint density at radius 1 is 0.889 bits per heavy atom. The van der Waals surface area contributed by atoms with Crippen molar-refractivity contribution in [3.63, 3.8) is 0 Å². The average molecular weight is 362 g/mol. The van der Waals surface area contributed by atoms with E-state index in [-0.39, 0.29) is 11.5 Å². The third kappa shape index (κ3) is 5.05. The van der Waals surface area contributed by atoms with Crippen molar-refractivity contribution in [1.82, 2.24) is 0 Å². The van der Waals surface area contributed by atoms with Crippen molar-refractivity contribution >= 4 is 6.08 Å². The van der Waals surface area contributed by atoms with Gasteiger partial charge in [-0.1, -0.05) is 54.6 Å². The fraction of sp³-hybridized carbons (Fsp3) is 0.130. The predicted octanol–water partition coefficient (Wildman–Crippen LogP) is 4.94. The first-order valence-corrected chi connectivity index (χ1v) is 8.68. The Hall–Kier alpha value is -3.40. The van der Waals surface area contributed by atoms with Crippen LogP contribution in [-0.4, -0.2) is 17.3 Å². The van der Waals surface area contributed by atoms with Crippen molar-refractivity contribution in [3.05, 3.63) is 89.5 Å². The Labute approximate surface area is 158 Å². The Balaban J connectivity index is 1.66. The van der Waals surface area contributed by atoms with E-state index < -0.39 is 0 Å². The molecule has 0 unspecified atom stereocenters. The van der Waals surface area contributed by atoms with Gasteiger partial charge < -0.3 is 19.7 Å². The highest BCUT2D eigenvalue weighted by molar-refractivity contribution is 5.56. The first kappa shape index (κ1) is 18.4. The van der Waals surface area contributed by atoms with E-state index in [0.29, 0.717) is 24.5 Å². The molecule has 3 aromatic carbocycles. The van der Waals surface area contributed by atoms with Crippen LogP contribution in [0.25, 0.3) is 6.08 Å². The minimum Gasteiger partial charge on any atom is -0.508 e. The van der Waals surface area contributed by atoms with E-state index in [0.717, 1.165) is 16.7 Å². The van der Waals surface area contributed by atoms with Crippen LogP contribution in [-0.2, 0) is 13.0 Å². The first-order valence-electron chi connectivity index (χ1n) is 8.68. The monoisotopic (exact) mass is 362 g/mol. The highest BCUT2D eigenvalue weighted by Crippen LogP contribution is 2.29. The van der Waals surface area contributed by atoms with Crippen molar-refractivity contribution in [3.8, 4) is 23.0 Å². The van der Waals surface area contributed by atoms with Crippen LogP contribution in [0.3, 0.4) is 0 Å². The zero-order valence-corrected chi connectivity index (χ0v) is 15.1. The smallest absolute Gasteiger partial charge is 0.161 e. The lowest BCUT2D eigenvalue weighted by Gasteiger charge is -2.11. The van der Waals surface area contributed by atoms with E-state index in [4.69, 9.17) is 9.47 Å². The number of ether oxygens (including phenoxy) is 2. The molecule has 0 spiro atoms. The van der Waals surface area contributed by atoms with Gasteiger partial charge >= 0.3 is 0 Å². The van der Waals surface area contributed by atoms with E-state index in [9.17, 15) is 10.2 Å². The van der Waals surface area contributed by atoms with Crippen molar-refractivity contribution in [2.24, 2.45) is 0 Å².